The van der Waals surface area contributed by atoms with Crippen LogP contribution in [0.4, 0.5) is 17.6 Å². The first-order chi connectivity index (χ1) is 16.9. The van der Waals surface area contributed by atoms with E-state index in [1.165, 1.54) is 15.7 Å². The topological polar surface area (TPSA) is 110 Å². The van der Waals surface area contributed by atoms with Crippen molar-refractivity contribution in [2.75, 3.05) is 6.61 Å². The van der Waals surface area contributed by atoms with Gasteiger partial charge in [0.05, 0.1) is 0 Å². The molecule has 0 bridgehead atoms. The molecule has 204 valence electrons. The van der Waals surface area contributed by atoms with Gasteiger partial charge < -0.3 is 0 Å². The summed E-state index contributed by atoms with van der Waals surface area (Å²) in [5.74, 6) is -5.87. The molecule has 0 spiro atoms. The number of ether oxygens (including phenoxy) is 2. The van der Waals surface area contributed by atoms with Crippen molar-refractivity contribution >= 4 is 63.2 Å². The van der Waals surface area contributed by atoms with Crippen molar-refractivity contribution in [1.29, 1.82) is 0 Å². The number of hydrogen-bond acceptors (Lipinski definition) is 7. The van der Waals surface area contributed by atoms with Crippen LogP contribution >= 0.6 is 0 Å². The van der Waals surface area contributed by atoms with Crippen molar-refractivity contribution in [3.05, 3.63) is 48.5 Å². The fraction of sp³-hybridized carbons (Fsp3) is 0.391. The predicted octanol–water partition coefficient (Wildman–Crippen LogP) is 2.41. The number of rotatable bonds is 12. The minimum absolute atomic E-state index is 0.000554. The molecule has 0 aliphatic carbocycles. The van der Waals surface area contributed by atoms with Gasteiger partial charge in [-0.2, -0.15) is 0 Å². The summed E-state index contributed by atoms with van der Waals surface area (Å²) in [6, 6.07) is 13.9. The Morgan fingerprint density at radius 1 is 0.865 bits per heavy atom. The molecule has 0 N–H and O–H groups in total. The number of Topliss-reactive ketones (excluding diaryl/α,β-unsaturated/α-hetero) is 1. The van der Waals surface area contributed by atoms with Crippen LogP contribution in [0.2, 0.25) is 0 Å². The molecule has 0 radical (unpaired) electrons. The predicted molar refractivity (Wildman–Crippen MR) is 128 cm³/mol. The summed E-state index contributed by atoms with van der Waals surface area (Å²) < 4.78 is 97.0. The number of alkyl halides is 4. The van der Waals surface area contributed by atoms with E-state index in [4.69, 9.17) is 9.47 Å². The summed E-state index contributed by atoms with van der Waals surface area (Å²) >= 11 is -1.05. The first-order valence-electron chi connectivity index (χ1n) is 10.5. The Balaban J connectivity index is 1.83. The van der Waals surface area contributed by atoms with Gasteiger partial charge in [-0.25, -0.2) is 0 Å². The second kappa shape index (κ2) is 12.6. The molecule has 0 heterocycles. The molecule has 0 atom stereocenters. The molecule has 0 aromatic heterocycles. The Kier molecular flexibility index (Phi) is 10.9. The fourth-order valence-corrected chi connectivity index (χ4v) is 12.8. The zero-order valence-corrected chi connectivity index (χ0v) is 25.3. The molecule has 37 heavy (non-hydrogen) atoms. The summed E-state index contributed by atoms with van der Waals surface area (Å²) in [5, 5.41) is -5.84. The first kappa shape index (κ1) is 31.8. The van der Waals surface area contributed by atoms with Gasteiger partial charge in [-0.05, 0) is 0 Å². The molecule has 0 fully saturated rings. The van der Waals surface area contributed by atoms with Gasteiger partial charge >= 0.3 is 230 Å². The Hall–Kier alpha value is -1.41. The zero-order chi connectivity index (χ0) is 28.1. The van der Waals surface area contributed by atoms with Crippen LogP contribution in [0.15, 0.2) is 48.5 Å². The van der Waals surface area contributed by atoms with Crippen molar-refractivity contribution in [3.8, 4) is 11.5 Å². The van der Waals surface area contributed by atoms with Gasteiger partial charge in [0.2, 0.25) is 0 Å². The minimum atomic E-state index is -6.61. The average Bonchev–Trinajstić information content (AvgIpc) is 2.80. The second-order valence-corrected chi connectivity index (χ2v) is 20.2. The van der Waals surface area contributed by atoms with Crippen molar-refractivity contribution in [2.45, 2.75) is 44.8 Å². The van der Waals surface area contributed by atoms with Gasteiger partial charge in [0, 0.05) is 0 Å². The molecule has 7 nitrogen and oxygen atoms in total. The van der Waals surface area contributed by atoms with E-state index >= 15 is 0 Å². The molecular formula is C23H23F4O7STe2-. The van der Waals surface area contributed by atoms with Crippen LogP contribution in [-0.4, -0.2) is 76.6 Å². The van der Waals surface area contributed by atoms with Crippen LogP contribution in [0.1, 0.15) is 33.6 Å². The Labute approximate surface area is 228 Å². The molecule has 14 heteroatoms. The third-order valence-corrected chi connectivity index (χ3v) is 17.5. The number of carbonyl (C=O) groups is 2. The van der Waals surface area contributed by atoms with Gasteiger partial charge in [-0.3, -0.25) is 0 Å². The Bertz CT molecular complexity index is 1200. The molecule has 0 aliphatic heterocycles. The molecule has 2 rings (SSSR count). The van der Waals surface area contributed by atoms with Crippen LogP contribution in [0.5, 0.6) is 11.5 Å². The summed E-state index contributed by atoms with van der Waals surface area (Å²) in [6.45, 7) is 5.48. The maximum atomic E-state index is 13.5. The van der Waals surface area contributed by atoms with Crippen LogP contribution in [-0.2, 0) is 19.7 Å². The van der Waals surface area contributed by atoms with Gasteiger partial charge in [-0.1, -0.05) is 0 Å². The zero-order valence-electron chi connectivity index (χ0n) is 19.8. The molecule has 0 saturated heterocycles. The van der Waals surface area contributed by atoms with Crippen LogP contribution in [0, 0.1) is 5.41 Å². The molecular weight excluding hydrogens is 752 g/mol. The van der Waals surface area contributed by atoms with Crippen LogP contribution in [0.3, 0.4) is 0 Å². The standard InChI is InChI=1S/C23H24F4O7STe2/c1-21(2,3)19(28)14-33-15-4-8-17(9-5-15)36-37-18-10-6-16(7-11-18)34-20(29)12-13-22(24,25)23(26,27)35(30,31)32/h4-11H,12-14H2,1-3H3,(H,30,31,32)/p-1. The van der Waals surface area contributed by atoms with E-state index in [9.17, 15) is 40.1 Å². The van der Waals surface area contributed by atoms with E-state index in [-0.39, 0.29) is 18.1 Å². The molecule has 0 aliphatic rings. The molecule has 2 aromatic rings. The second-order valence-electron chi connectivity index (χ2n) is 8.72. The van der Waals surface area contributed by atoms with E-state index in [1.54, 1.807) is 12.1 Å². The maximum absolute atomic E-state index is 13.5. The Morgan fingerprint density at radius 2 is 1.32 bits per heavy atom. The molecule has 0 unspecified atom stereocenters. The number of benzene rings is 2. The van der Waals surface area contributed by atoms with Crippen molar-refractivity contribution < 1.29 is 49.6 Å². The van der Waals surface area contributed by atoms with E-state index in [1.807, 2.05) is 45.0 Å². The number of ketones is 1. The van der Waals surface area contributed by atoms with Crippen LogP contribution in [0.25, 0.3) is 0 Å². The average molecular weight is 775 g/mol. The van der Waals surface area contributed by atoms with Gasteiger partial charge in [0.25, 0.3) is 0 Å². The molecule has 0 amide bonds. The van der Waals surface area contributed by atoms with Gasteiger partial charge in [0.1, 0.15) is 0 Å². The molecule has 2 aromatic carbocycles. The van der Waals surface area contributed by atoms with E-state index in [0.29, 0.717) is 5.75 Å². The number of halogens is 4. The fourth-order valence-electron chi connectivity index (χ4n) is 2.39. The number of carbonyl (C=O) groups excluding carboxylic acids is 2. The first-order valence-corrected chi connectivity index (χ1v) is 21.6. The SMILES string of the molecule is CC(C)(C)C(=O)COc1ccc([Te][Te]c2ccc(OC(=O)CCC(F)(F)C(F)(F)S(=O)(=O)[O-])cc2)cc1. The normalized spacial score (nSPS) is 12.8. The van der Waals surface area contributed by atoms with Crippen LogP contribution < -0.4 is 16.7 Å². The molecule has 0 saturated carbocycles. The number of hydrogen-bond donors (Lipinski definition) is 0. The summed E-state index contributed by atoms with van der Waals surface area (Å²) in [7, 11) is -6.61. The van der Waals surface area contributed by atoms with Gasteiger partial charge in [-0.15, -0.1) is 0 Å². The number of esters is 1. The summed E-state index contributed by atoms with van der Waals surface area (Å²) in [6.07, 6.45) is -3.09. The van der Waals surface area contributed by atoms with Crippen molar-refractivity contribution in [2.24, 2.45) is 5.41 Å². The third kappa shape index (κ3) is 9.38. The van der Waals surface area contributed by atoms with E-state index < -0.39 is 79.6 Å². The monoisotopic (exact) mass is 779 g/mol. The van der Waals surface area contributed by atoms with E-state index in [0.717, 1.165) is 3.61 Å². The van der Waals surface area contributed by atoms with Gasteiger partial charge in [0.15, 0.2) is 0 Å². The Morgan fingerprint density at radius 3 is 1.76 bits per heavy atom. The van der Waals surface area contributed by atoms with E-state index in [2.05, 4.69) is 0 Å². The van der Waals surface area contributed by atoms with Crippen molar-refractivity contribution in [3.63, 3.8) is 0 Å². The summed E-state index contributed by atoms with van der Waals surface area (Å²) in [5.41, 5.74) is -0.471. The summed E-state index contributed by atoms with van der Waals surface area (Å²) in [4.78, 5) is 23.7. The quantitative estimate of drug-likeness (QED) is 0.107. The third-order valence-electron chi connectivity index (χ3n) is 4.70. The van der Waals surface area contributed by atoms with Crippen molar-refractivity contribution in [1.82, 2.24) is 0 Å².